The molecule has 1 heterocycles. The van der Waals surface area contributed by atoms with Gasteiger partial charge in [0.1, 0.15) is 5.75 Å². The minimum Gasteiger partial charge on any atom is -0.497 e. The molecule has 1 aromatic carbocycles. The number of rotatable bonds is 2. The average molecular weight is 205 g/mol. The van der Waals surface area contributed by atoms with Crippen LogP contribution in [0.3, 0.4) is 0 Å². The van der Waals surface area contributed by atoms with E-state index in [-0.39, 0.29) is 5.71 Å². The first-order valence-corrected chi connectivity index (χ1v) is 4.67. The number of benzene rings is 1. The van der Waals surface area contributed by atoms with Gasteiger partial charge in [0.15, 0.2) is 5.71 Å². The third-order valence-corrected chi connectivity index (χ3v) is 2.42. The number of carboxylic acid groups (broad SMARTS) is 1. The maximum absolute atomic E-state index is 10.9. The SMILES string of the molecule is COc1ccc2c(c1)CCN=C2C(=O)O. The number of carboxylic acids is 1. The third-order valence-electron chi connectivity index (χ3n) is 2.42. The van der Waals surface area contributed by atoms with Gasteiger partial charge in [0, 0.05) is 12.1 Å². The molecule has 0 spiro atoms. The summed E-state index contributed by atoms with van der Waals surface area (Å²) in [6, 6.07) is 5.37. The Morgan fingerprint density at radius 1 is 1.53 bits per heavy atom. The first-order chi connectivity index (χ1) is 7.22. The highest BCUT2D eigenvalue weighted by molar-refractivity contribution is 6.43. The lowest BCUT2D eigenvalue weighted by Gasteiger charge is -2.14. The molecule has 0 atom stereocenters. The number of nitrogens with zero attached hydrogens (tertiary/aromatic N) is 1. The quantitative estimate of drug-likeness (QED) is 0.787. The van der Waals surface area contributed by atoms with Gasteiger partial charge in [-0.15, -0.1) is 0 Å². The second-order valence-electron chi connectivity index (χ2n) is 3.31. The van der Waals surface area contributed by atoms with Gasteiger partial charge in [-0.05, 0) is 30.2 Å². The van der Waals surface area contributed by atoms with Gasteiger partial charge < -0.3 is 9.84 Å². The molecule has 0 saturated carbocycles. The Hall–Kier alpha value is -1.84. The second-order valence-corrected chi connectivity index (χ2v) is 3.31. The molecule has 1 aromatic rings. The second kappa shape index (κ2) is 3.73. The van der Waals surface area contributed by atoms with E-state index in [9.17, 15) is 4.79 Å². The Morgan fingerprint density at radius 2 is 2.33 bits per heavy atom. The fourth-order valence-electron chi connectivity index (χ4n) is 1.69. The summed E-state index contributed by atoms with van der Waals surface area (Å²) >= 11 is 0. The Bertz CT molecular complexity index is 437. The molecule has 78 valence electrons. The van der Waals surface area contributed by atoms with Crippen LogP contribution in [-0.4, -0.2) is 30.4 Å². The molecule has 0 fully saturated rings. The third kappa shape index (κ3) is 1.70. The van der Waals surface area contributed by atoms with E-state index in [0.717, 1.165) is 17.7 Å². The predicted molar refractivity (Wildman–Crippen MR) is 55.7 cm³/mol. The van der Waals surface area contributed by atoms with Crippen molar-refractivity contribution in [1.29, 1.82) is 0 Å². The van der Waals surface area contributed by atoms with Crippen molar-refractivity contribution >= 4 is 11.7 Å². The maximum Gasteiger partial charge on any atom is 0.354 e. The summed E-state index contributed by atoms with van der Waals surface area (Å²) in [6.07, 6.45) is 0.767. The van der Waals surface area contributed by atoms with E-state index in [4.69, 9.17) is 9.84 Å². The Kier molecular flexibility index (Phi) is 2.41. The number of hydrogen-bond acceptors (Lipinski definition) is 3. The lowest BCUT2D eigenvalue weighted by Crippen LogP contribution is -2.21. The van der Waals surface area contributed by atoms with Gasteiger partial charge in [-0.3, -0.25) is 4.99 Å². The zero-order valence-corrected chi connectivity index (χ0v) is 8.36. The van der Waals surface area contributed by atoms with Crippen LogP contribution in [0.25, 0.3) is 0 Å². The van der Waals surface area contributed by atoms with Crippen molar-refractivity contribution in [2.45, 2.75) is 6.42 Å². The highest BCUT2D eigenvalue weighted by Crippen LogP contribution is 2.21. The standard InChI is InChI=1S/C11H11NO3/c1-15-8-2-3-9-7(6-8)4-5-12-10(9)11(13)14/h2-3,6H,4-5H2,1H3,(H,13,14). The number of aliphatic carboxylic acids is 1. The minimum absolute atomic E-state index is 0.152. The summed E-state index contributed by atoms with van der Waals surface area (Å²) in [5, 5.41) is 8.95. The smallest absolute Gasteiger partial charge is 0.354 e. The van der Waals surface area contributed by atoms with Gasteiger partial charge in [0.05, 0.1) is 7.11 Å². The van der Waals surface area contributed by atoms with Crippen molar-refractivity contribution in [1.82, 2.24) is 0 Å². The van der Waals surface area contributed by atoms with Crippen LogP contribution in [0.1, 0.15) is 11.1 Å². The zero-order chi connectivity index (χ0) is 10.8. The van der Waals surface area contributed by atoms with Crippen molar-refractivity contribution < 1.29 is 14.6 Å². The Balaban J connectivity index is 2.48. The van der Waals surface area contributed by atoms with E-state index in [1.54, 1.807) is 19.2 Å². The molecule has 4 heteroatoms. The molecule has 2 rings (SSSR count). The van der Waals surface area contributed by atoms with Gasteiger partial charge in [0.2, 0.25) is 0 Å². The lowest BCUT2D eigenvalue weighted by atomic mass is 9.97. The molecule has 0 saturated heterocycles. The number of carbonyl (C=O) groups is 1. The number of aliphatic imine (C=N–C) groups is 1. The number of fused-ring (bicyclic) bond motifs is 1. The van der Waals surface area contributed by atoms with Crippen LogP contribution in [0.5, 0.6) is 5.75 Å². The molecule has 1 N–H and O–H groups in total. The van der Waals surface area contributed by atoms with Crippen LogP contribution >= 0.6 is 0 Å². The Morgan fingerprint density at radius 3 is 3.00 bits per heavy atom. The highest BCUT2D eigenvalue weighted by Gasteiger charge is 2.19. The molecule has 0 bridgehead atoms. The molecular weight excluding hydrogens is 194 g/mol. The molecule has 0 amide bonds. The first-order valence-electron chi connectivity index (χ1n) is 4.67. The summed E-state index contributed by atoms with van der Waals surface area (Å²) < 4.78 is 5.09. The molecule has 0 radical (unpaired) electrons. The molecule has 1 aliphatic rings. The summed E-state index contributed by atoms with van der Waals surface area (Å²) in [5.74, 6) is -0.221. The predicted octanol–water partition coefficient (Wildman–Crippen LogP) is 1.12. The summed E-state index contributed by atoms with van der Waals surface area (Å²) in [7, 11) is 1.59. The van der Waals surface area contributed by atoms with Crippen LogP contribution in [0.4, 0.5) is 0 Å². The van der Waals surface area contributed by atoms with Crippen LogP contribution in [0.2, 0.25) is 0 Å². The van der Waals surface area contributed by atoms with Crippen LogP contribution in [-0.2, 0) is 11.2 Å². The summed E-state index contributed by atoms with van der Waals surface area (Å²) in [4.78, 5) is 14.9. The van der Waals surface area contributed by atoms with Crippen LogP contribution < -0.4 is 4.74 Å². The molecular formula is C11H11NO3. The van der Waals surface area contributed by atoms with E-state index in [0.29, 0.717) is 12.1 Å². The fourth-order valence-corrected chi connectivity index (χ4v) is 1.69. The van der Waals surface area contributed by atoms with Crippen molar-refractivity contribution in [3.8, 4) is 5.75 Å². The zero-order valence-electron chi connectivity index (χ0n) is 8.36. The van der Waals surface area contributed by atoms with E-state index < -0.39 is 5.97 Å². The lowest BCUT2D eigenvalue weighted by molar-refractivity contribution is -0.129. The number of ether oxygens (including phenoxy) is 1. The van der Waals surface area contributed by atoms with Crippen LogP contribution in [0.15, 0.2) is 23.2 Å². The monoisotopic (exact) mass is 205 g/mol. The fraction of sp³-hybridized carbons (Fsp3) is 0.273. The molecule has 15 heavy (non-hydrogen) atoms. The molecule has 0 aromatic heterocycles. The van der Waals surface area contributed by atoms with Crippen molar-refractivity contribution in [2.24, 2.45) is 4.99 Å². The summed E-state index contributed by atoms with van der Waals surface area (Å²) in [5.41, 5.74) is 1.84. The molecule has 1 aliphatic heterocycles. The Labute approximate surface area is 87.2 Å². The van der Waals surface area contributed by atoms with Crippen molar-refractivity contribution in [3.63, 3.8) is 0 Å². The van der Waals surface area contributed by atoms with Crippen molar-refractivity contribution in [3.05, 3.63) is 29.3 Å². The van der Waals surface area contributed by atoms with Gasteiger partial charge in [-0.2, -0.15) is 0 Å². The van der Waals surface area contributed by atoms with Gasteiger partial charge in [-0.1, -0.05) is 0 Å². The molecule has 0 unspecified atom stereocenters. The summed E-state index contributed by atoms with van der Waals surface area (Å²) in [6.45, 7) is 0.530. The van der Waals surface area contributed by atoms with E-state index in [2.05, 4.69) is 4.99 Å². The molecule has 4 nitrogen and oxygen atoms in total. The van der Waals surface area contributed by atoms with E-state index >= 15 is 0 Å². The first kappa shape index (κ1) is 9.71. The van der Waals surface area contributed by atoms with Crippen molar-refractivity contribution in [2.75, 3.05) is 13.7 Å². The highest BCUT2D eigenvalue weighted by atomic mass is 16.5. The number of hydrogen-bond donors (Lipinski definition) is 1. The van der Waals surface area contributed by atoms with Gasteiger partial charge in [-0.25, -0.2) is 4.79 Å². The minimum atomic E-state index is -0.971. The maximum atomic E-state index is 10.9. The normalized spacial score (nSPS) is 14.1. The topological polar surface area (TPSA) is 58.9 Å². The van der Waals surface area contributed by atoms with E-state index in [1.807, 2.05) is 6.07 Å². The average Bonchev–Trinajstić information content (AvgIpc) is 2.27. The van der Waals surface area contributed by atoms with E-state index in [1.165, 1.54) is 0 Å². The van der Waals surface area contributed by atoms with Crippen LogP contribution in [0, 0.1) is 0 Å². The van der Waals surface area contributed by atoms with Gasteiger partial charge in [0.25, 0.3) is 0 Å². The van der Waals surface area contributed by atoms with Gasteiger partial charge >= 0.3 is 5.97 Å². The largest absolute Gasteiger partial charge is 0.497 e. The number of methoxy groups -OCH3 is 1. The molecule has 0 aliphatic carbocycles.